The Morgan fingerprint density at radius 2 is 1.77 bits per heavy atom. The number of ether oxygens (including phenoxy) is 1. The lowest BCUT2D eigenvalue weighted by Gasteiger charge is -2.09. The van der Waals surface area contributed by atoms with E-state index in [2.05, 4.69) is 30.5 Å². The average molecular weight is 369 g/mol. The molecule has 2 aromatic carbocycles. The van der Waals surface area contributed by atoms with Crippen molar-refractivity contribution in [3.8, 4) is 17.0 Å². The molecule has 0 aliphatic carbocycles. The van der Waals surface area contributed by atoms with Gasteiger partial charge < -0.3 is 14.4 Å². The second kappa shape index (κ2) is 8.34. The lowest BCUT2D eigenvalue weighted by atomic mass is 10.1. The van der Waals surface area contributed by atoms with E-state index in [-0.39, 0.29) is 6.61 Å². The third-order valence-corrected chi connectivity index (χ3v) is 5.33. The van der Waals surface area contributed by atoms with Gasteiger partial charge >= 0.3 is 0 Å². The van der Waals surface area contributed by atoms with Crippen molar-refractivity contribution in [2.75, 3.05) is 13.7 Å². The van der Waals surface area contributed by atoms with E-state index in [1.807, 2.05) is 36.4 Å². The SMILES string of the molecule is CCc1ccc(N=c2sc(C)c(-c3ccc(OC)cc3)n2CCO)cc1. The maximum Gasteiger partial charge on any atom is 0.190 e. The highest BCUT2D eigenvalue weighted by Gasteiger charge is 2.13. The van der Waals surface area contributed by atoms with Gasteiger partial charge in [0.25, 0.3) is 0 Å². The van der Waals surface area contributed by atoms with Crippen molar-refractivity contribution in [1.82, 2.24) is 4.57 Å². The molecule has 0 aliphatic heterocycles. The molecule has 0 bridgehead atoms. The summed E-state index contributed by atoms with van der Waals surface area (Å²) in [5.41, 5.74) is 4.41. The Kier molecular flexibility index (Phi) is 5.91. The predicted octanol–water partition coefficient (Wildman–Crippen LogP) is 4.32. The van der Waals surface area contributed by atoms with Crippen LogP contribution in [0, 0.1) is 6.92 Å². The van der Waals surface area contributed by atoms with Gasteiger partial charge in [0.05, 0.1) is 25.1 Å². The van der Waals surface area contributed by atoms with Gasteiger partial charge in [0.1, 0.15) is 5.75 Å². The van der Waals surface area contributed by atoms with Gasteiger partial charge in [0.2, 0.25) is 0 Å². The standard InChI is InChI=1S/C21H24N2O2S/c1-4-16-5-9-18(10-6-16)22-21-23(13-14-24)20(15(2)26-21)17-7-11-19(25-3)12-8-17/h5-12,24H,4,13-14H2,1-3H3. The quantitative estimate of drug-likeness (QED) is 0.704. The van der Waals surface area contributed by atoms with E-state index in [4.69, 9.17) is 9.73 Å². The molecule has 1 heterocycles. The molecule has 4 nitrogen and oxygen atoms in total. The van der Waals surface area contributed by atoms with Crippen molar-refractivity contribution >= 4 is 17.0 Å². The molecule has 3 rings (SSSR count). The fraction of sp³-hybridized carbons (Fsp3) is 0.286. The number of aromatic nitrogens is 1. The van der Waals surface area contributed by atoms with E-state index in [0.717, 1.165) is 33.9 Å². The molecule has 1 N–H and O–H groups in total. The largest absolute Gasteiger partial charge is 0.497 e. The number of benzene rings is 2. The van der Waals surface area contributed by atoms with E-state index in [9.17, 15) is 5.11 Å². The molecule has 26 heavy (non-hydrogen) atoms. The Bertz CT molecular complexity index is 922. The van der Waals surface area contributed by atoms with Crippen molar-refractivity contribution in [3.63, 3.8) is 0 Å². The lowest BCUT2D eigenvalue weighted by molar-refractivity contribution is 0.275. The fourth-order valence-corrected chi connectivity index (χ4v) is 3.98. The molecule has 0 amide bonds. The highest BCUT2D eigenvalue weighted by Crippen LogP contribution is 2.27. The Hall–Kier alpha value is -2.37. The van der Waals surface area contributed by atoms with Crippen LogP contribution in [0.3, 0.4) is 0 Å². The summed E-state index contributed by atoms with van der Waals surface area (Å²) in [6.45, 7) is 4.82. The number of rotatable bonds is 6. The van der Waals surface area contributed by atoms with E-state index in [0.29, 0.717) is 6.54 Å². The van der Waals surface area contributed by atoms with Crippen molar-refractivity contribution in [1.29, 1.82) is 0 Å². The summed E-state index contributed by atoms with van der Waals surface area (Å²) in [5, 5.41) is 9.56. The minimum Gasteiger partial charge on any atom is -0.497 e. The number of aryl methyl sites for hydroxylation is 2. The molecule has 1 aromatic heterocycles. The van der Waals surface area contributed by atoms with Crippen LogP contribution < -0.4 is 9.54 Å². The summed E-state index contributed by atoms with van der Waals surface area (Å²) in [4.78, 5) is 6.89. The topological polar surface area (TPSA) is 46.8 Å². The average Bonchev–Trinajstić information content (AvgIpc) is 2.97. The van der Waals surface area contributed by atoms with Crippen molar-refractivity contribution in [3.05, 3.63) is 63.8 Å². The van der Waals surface area contributed by atoms with E-state index >= 15 is 0 Å². The van der Waals surface area contributed by atoms with Gasteiger partial charge in [-0.3, -0.25) is 0 Å². The molecule has 0 fully saturated rings. The minimum atomic E-state index is 0.0707. The van der Waals surface area contributed by atoms with Crippen LogP contribution in [0.4, 0.5) is 5.69 Å². The molecule has 0 unspecified atom stereocenters. The first-order chi connectivity index (χ1) is 12.7. The molecule has 0 saturated heterocycles. The van der Waals surface area contributed by atoms with Gasteiger partial charge in [-0.2, -0.15) is 0 Å². The van der Waals surface area contributed by atoms with Crippen LogP contribution in [0.25, 0.3) is 11.3 Å². The van der Waals surface area contributed by atoms with Crippen LogP contribution in [0.15, 0.2) is 53.5 Å². The van der Waals surface area contributed by atoms with Gasteiger partial charge in [-0.1, -0.05) is 19.1 Å². The van der Waals surface area contributed by atoms with Gasteiger partial charge in [0.15, 0.2) is 4.80 Å². The van der Waals surface area contributed by atoms with Crippen LogP contribution in [-0.2, 0) is 13.0 Å². The van der Waals surface area contributed by atoms with Crippen LogP contribution in [-0.4, -0.2) is 23.4 Å². The molecular weight excluding hydrogens is 344 g/mol. The summed E-state index contributed by atoms with van der Waals surface area (Å²) in [6.07, 6.45) is 1.02. The molecule has 0 saturated carbocycles. The Balaban J connectivity index is 2.09. The molecule has 5 heteroatoms. The maximum absolute atomic E-state index is 9.56. The first kappa shape index (κ1) is 18.4. The summed E-state index contributed by atoms with van der Waals surface area (Å²) in [7, 11) is 1.66. The first-order valence-electron chi connectivity index (χ1n) is 8.75. The zero-order chi connectivity index (χ0) is 18.5. The first-order valence-corrected chi connectivity index (χ1v) is 9.57. The summed E-state index contributed by atoms with van der Waals surface area (Å²) in [5.74, 6) is 0.830. The second-order valence-electron chi connectivity index (χ2n) is 6.02. The number of thiazole rings is 1. The van der Waals surface area contributed by atoms with Gasteiger partial charge in [-0.15, -0.1) is 11.3 Å². The van der Waals surface area contributed by atoms with Gasteiger partial charge in [-0.25, -0.2) is 4.99 Å². The van der Waals surface area contributed by atoms with E-state index in [1.54, 1.807) is 18.4 Å². The van der Waals surface area contributed by atoms with Gasteiger partial charge in [-0.05, 0) is 60.9 Å². The van der Waals surface area contributed by atoms with Crippen molar-refractivity contribution < 1.29 is 9.84 Å². The van der Waals surface area contributed by atoms with Crippen LogP contribution in [0.5, 0.6) is 5.75 Å². The Labute approximate surface area is 158 Å². The van der Waals surface area contributed by atoms with E-state index in [1.165, 1.54) is 10.4 Å². The number of methoxy groups -OCH3 is 1. The highest BCUT2D eigenvalue weighted by molar-refractivity contribution is 7.09. The molecular formula is C21H24N2O2S. The number of aliphatic hydroxyl groups excluding tert-OH is 1. The van der Waals surface area contributed by atoms with Crippen molar-refractivity contribution in [2.24, 2.45) is 4.99 Å². The van der Waals surface area contributed by atoms with E-state index < -0.39 is 0 Å². The lowest BCUT2D eigenvalue weighted by Crippen LogP contribution is -2.18. The minimum absolute atomic E-state index is 0.0707. The molecule has 0 spiro atoms. The molecule has 0 atom stereocenters. The van der Waals surface area contributed by atoms with Crippen LogP contribution in [0.2, 0.25) is 0 Å². The zero-order valence-corrected chi connectivity index (χ0v) is 16.2. The second-order valence-corrected chi connectivity index (χ2v) is 7.21. The summed E-state index contributed by atoms with van der Waals surface area (Å²) < 4.78 is 7.35. The maximum atomic E-state index is 9.56. The fourth-order valence-electron chi connectivity index (χ4n) is 2.94. The number of nitrogens with zero attached hydrogens (tertiary/aromatic N) is 2. The number of hydrogen-bond donors (Lipinski definition) is 1. The smallest absolute Gasteiger partial charge is 0.190 e. The molecule has 0 radical (unpaired) electrons. The summed E-state index contributed by atoms with van der Waals surface area (Å²) in [6, 6.07) is 16.3. The van der Waals surface area contributed by atoms with Gasteiger partial charge in [0, 0.05) is 11.4 Å². The number of aliphatic hydroxyl groups is 1. The molecule has 136 valence electrons. The molecule has 3 aromatic rings. The Morgan fingerprint density at radius 1 is 1.08 bits per heavy atom. The third-order valence-electron chi connectivity index (χ3n) is 4.34. The monoisotopic (exact) mass is 368 g/mol. The predicted molar refractivity (Wildman–Crippen MR) is 107 cm³/mol. The highest BCUT2D eigenvalue weighted by atomic mass is 32.1. The van der Waals surface area contributed by atoms with Crippen LogP contribution in [0.1, 0.15) is 17.4 Å². The third kappa shape index (κ3) is 3.89. The summed E-state index contributed by atoms with van der Waals surface area (Å²) >= 11 is 1.64. The number of hydrogen-bond acceptors (Lipinski definition) is 4. The molecule has 0 aliphatic rings. The van der Waals surface area contributed by atoms with Crippen molar-refractivity contribution in [2.45, 2.75) is 26.8 Å². The van der Waals surface area contributed by atoms with Crippen LogP contribution >= 0.6 is 11.3 Å². The Morgan fingerprint density at radius 3 is 2.35 bits per heavy atom. The zero-order valence-electron chi connectivity index (χ0n) is 15.4. The normalized spacial score (nSPS) is 11.8.